The molecule has 122 valence electrons. The number of nitrogens with one attached hydrogen (secondary N) is 3. The number of imidazole rings is 1. The first-order valence-electron chi connectivity index (χ1n) is 8.40. The second-order valence-corrected chi connectivity index (χ2v) is 5.66. The minimum Gasteiger partial charge on any atom is -0.362 e. The van der Waals surface area contributed by atoms with Gasteiger partial charge in [0.15, 0.2) is 0 Å². The van der Waals surface area contributed by atoms with E-state index < -0.39 is 0 Å². The molecule has 4 nitrogen and oxygen atoms in total. The molecule has 0 fully saturated rings. The van der Waals surface area contributed by atoms with Crippen LogP contribution in [-0.4, -0.2) is 16.2 Å². The molecule has 0 saturated carbocycles. The van der Waals surface area contributed by atoms with Crippen LogP contribution < -0.4 is 5.32 Å². The molecular formula is C19H26N4. The third-order valence-electron chi connectivity index (χ3n) is 3.76. The Kier molecular flexibility index (Phi) is 7.11. The lowest BCUT2D eigenvalue weighted by Gasteiger charge is -2.03. The lowest BCUT2D eigenvalue weighted by Crippen LogP contribution is -1.90. The van der Waals surface area contributed by atoms with Crippen LogP contribution in [0.25, 0.3) is 11.3 Å². The lowest BCUT2D eigenvalue weighted by atomic mass is 10.1. The maximum absolute atomic E-state index is 6.98. The van der Waals surface area contributed by atoms with Gasteiger partial charge in [0.2, 0.25) is 0 Å². The number of hydrogen-bond donors (Lipinski definition) is 3. The van der Waals surface area contributed by atoms with E-state index in [2.05, 4.69) is 34.3 Å². The van der Waals surface area contributed by atoms with Crippen molar-refractivity contribution in [2.24, 2.45) is 0 Å². The second kappa shape index (κ2) is 9.62. The highest BCUT2D eigenvalue weighted by atomic mass is 14.9. The van der Waals surface area contributed by atoms with Crippen molar-refractivity contribution in [2.75, 3.05) is 5.32 Å². The van der Waals surface area contributed by atoms with Crippen molar-refractivity contribution in [3.63, 3.8) is 0 Å². The Hall–Kier alpha value is -2.36. The van der Waals surface area contributed by atoms with Crippen molar-refractivity contribution in [1.82, 2.24) is 9.97 Å². The molecule has 0 radical (unpaired) electrons. The van der Waals surface area contributed by atoms with Gasteiger partial charge in [0.25, 0.3) is 0 Å². The van der Waals surface area contributed by atoms with Gasteiger partial charge in [-0.05, 0) is 24.6 Å². The second-order valence-electron chi connectivity index (χ2n) is 5.66. The third-order valence-corrected chi connectivity index (χ3v) is 3.76. The zero-order valence-corrected chi connectivity index (χ0v) is 13.8. The summed E-state index contributed by atoms with van der Waals surface area (Å²) < 4.78 is 0. The fourth-order valence-electron chi connectivity index (χ4n) is 2.50. The van der Waals surface area contributed by atoms with E-state index in [0.29, 0.717) is 0 Å². The standard InChI is InChI=1S/C19H26N4/c1-2-3-4-5-6-11-19-22-15-18(23-19)16-9-7-10-17(14-16)21-13-8-12-20/h7-10,12-15,20-21H,2-6,11H2,1H3,(H,22,23)/b13-8-,20-12?. The lowest BCUT2D eigenvalue weighted by molar-refractivity contribution is 0.624. The summed E-state index contributed by atoms with van der Waals surface area (Å²) in [7, 11) is 0. The number of rotatable bonds is 10. The molecule has 1 aromatic carbocycles. The minimum absolute atomic E-state index is 0.997. The summed E-state index contributed by atoms with van der Waals surface area (Å²) in [5.41, 5.74) is 3.16. The Morgan fingerprint density at radius 1 is 1.22 bits per heavy atom. The summed E-state index contributed by atoms with van der Waals surface area (Å²) in [5.74, 6) is 1.07. The average molecular weight is 310 g/mol. The average Bonchev–Trinajstić information content (AvgIpc) is 3.04. The molecule has 1 aromatic heterocycles. The fourth-order valence-corrected chi connectivity index (χ4v) is 2.50. The van der Waals surface area contributed by atoms with E-state index in [1.54, 1.807) is 12.3 Å². The molecule has 3 N–H and O–H groups in total. The monoisotopic (exact) mass is 310 g/mol. The van der Waals surface area contributed by atoms with Gasteiger partial charge in [0, 0.05) is 30.1 Å². The number of anilines is 1. The predicted molar refractivity (Wildman–Crippen MR) is 98.0 cm³/mol. The molecule has 0 aliphatic heterocycles. The van der Waals surface area contributed by atoms with Crippen molar-refractivity contribution >= 4 is 11.9 Å². The van der Waals surface area contributed by atoms with Crippen LogP contribution in [0, 0.1) is 5.41 Å². The molecule has 23 heavy (non-hydrogen) atoms. The fraction of sp³-hybridized carbons (Fsp3) is 0.368. The van der Waals surface area contributed by atoms with Gasteiger partial charge in [-0.25, -0.2) is 4.98 Å². The van der Waals surface area contributed by atoms with Gasteiger partial charge in [-0.15, -0.1) is 0 Å². The number of aromatic amines is 1. The van der Waals surface area contributed by atoms with Crippen LogP contribution in [0.15, 0.2) is 42.7 Å². The minimum atomic E-state index is 0.997. The van der Waals surface area contributed by atoms with Gasteiger partial charge in [0.05, 0.1) is 11.9 Å². The first kappa shape index (κ1) is 17.0. The molecule has 2 rings (SSSR count). The number of aromatic nitrogens is 2. The molecule has 0 amide bonds. The number of unbranched alkanes of at least 4 members (excludes halogenated alkanes) is 4. The summed E-state index contributed by atoms with van der Waals surface area (Å²) in [4.78, 5) is 7.92. The van der Waals surface area contributed by atoms with Crippen LogP contribution in [0.1, 0.15) is 44.9 Å². The summed E-state index contributed by atoms with van der Waals surface area (Å²) >= 11 is 0. The van der Waals surface area contributed by atoms with E-state index in [1.807, 2.05) is 18.3 Å². The molecule has 2 aromatic rings. The SMILES string of the molecule is CCCCCCCc1ncc(-c2cccc(N/C=C\C=N)c2)[nH]1. The summed E-state index contributed by atoms with van der Waals surface area (Å²) in [6, 6.07) is 8.17. The topological polar surface area (TPSA) is 64.6 Å². The van der Waals surface area contributed by atoms with E-state index in [4.69, 9.17) is 5.41 Å². The Morgan fingerprint density at radius 2 is 2.09 bits per heavy atom. The van der Waals surface area contributed by atoms with E-state index in [0.717, 1.165) is 29.2 Å². The van der Waals surface area contributed by atoms with Crippen molar-refractivity contribution < 1.29 is 0 Å². The van der Waals surface area contributed by atoms with Gasteiger partial charge < -0.3 is 15.7 Å². The van der Waals surface area contributed by atoms with Crippen molar-refractivity contribution in [3.05, 3.63) is 48.6 Å². The molecule has 1 heterocycles. The number of nitrogens with zero attached hydrogens (tertiary/aromatic N) is 1. The number of allylic oxidation sites excluding steroid dienone is 1. The van der Waals surface area contributed by atoms with E-state index in [1.165, 1.54) is 38.3 Å². The van der Waals surface area contributed by atoms with Crippen molar-refractivity contribution in [2.45, 2.75) is 45.4 Å². The molecule has 0 atom stereocenters. The summed E-state index contributed by atoms with van der Waals surface area (Å²) in [5, 5.41) is 10.1. The number of benzene rings is 1. The van der Waals surface area contributed by atoms with Crippen LogP contribution in [0.5, 0.6) is 0 Å². The summed E-state index contributed by atoms with van der Waals surface area (Å²) in [6.45, 7) is 2.24. The van der Waals surface area contributed by atoms with Crippen LogP contribution in [0.4, 0.5) is 5.69 Å². The highest BCUT2D eigenvalue weighted by Gasteiger charge is 2.04. The zero-order valence-electron chi connectivity index (χ0n) is 13.8. The predicted octanol–water partition coefficient (Wildman–Crippen LogP) is 5.16. The maximum atomic E-state index is 6.98. The quantitative estimate of drug-likeness (QED) is 0.419. The highest BCUT2D eigenvalue weighted by Crippen LogP contribution is 2.21. The Labute approximate surface area is 138 Å². The van der Waals surface area contributed by atoms with E-state index in [-0.39, 0.29) is 0 Å². The molecule has 0 aliphatic carbocycles. The van der Waals surface area contributed by atoms with Crippen LogP contribution in [-0.2, 0) is 6.42 Å². The van der Waals surface area contributed by atoms with Crippen molar-refractivity contribution in [1.29, 1.82) is 5.41 Å². The largest absolute Gasteiger partial charge is 0.362 e. The number of aryl methyl sites for hydroxylation is 1. The molecular weight excluding hydrogens is 284 g/mol. The number of hydrogen-bond acceptors (Lipinski definition) is 3. The zero-order chi connectivity index (χ0) is 16.3. The molecule has 0 unspecified atom stereocenters. The van der Waals surface area contributed by atoms with Crippen LogP contribution in [0.3, 0.4) is 0 Å². The molecule has 4 heteroatoms. The van der Waals surface area contributed by atoms with E-state index >= 15 is 0 Å². The van der Waals surface area contributed by atoms with Gasteiger partial charge in [0.1, 0.15) is 5.82 Å². The molecule has 0 spiro atoms. The first-order valence-corrected chi connectivity index (χ1v) is 8.40. The van der Waals surface area contributed by atoms with Gasteiger partial charge in [-0.2, -0.15) is 0 Å². The highest BCUT2D eigenvalue weighted by molar-refractivity contribution is 5.69. The maximum Gasteiger partial charge on any atom is 0.106 e. The van der Waals surface area contributed by atoms with Crippen LogP contribution >= 0.6 is 0 Å². The van der Waals surface area contributed by atoms with Crippen LogP contribution in [0.2, 0.25) is 0 Å². The Balaban J connectivity index is 1.93. The van der Waals surface area contributed by atoms with Gasteiger partial charge in [-0.1, -0.05) is 44.7 Å². The van der Waals surface area contributed by atoms with Gasteiger partial charge in [-0.3, -0.25) is 0 Å². The van der Waals surface area contributed by atoms with Gasteiger partial charge >= 0.3 is 0 Å². The van der Waals surface area contributed by atoms with Crippen molar-refractivity contribution in [3.8, 4) is 11.3 Å². The molecule has 0 bridgehead atoms. The Morgan fingerprint density at radius 3 is 2.91 bits per heavy atom. The molecule has 0 aliphatic rings. The molecule has 0 saturated heterocycles. The smallest absolute Gasteiger partial charge is 0.106 e. The number of H-pyrrole nitrogens is 1. The Bertz CT molecular complexity index is 628. The van der Waals surface area contributed by atoms with E-state index in [9.17, 15) is 0 Å². The normalized spacial score (nSPS) is 11.0. The third kappa shape index (κ3) is 5.74. The first-order chi connectivity index (χ1) is 11.3. The summed E-state index contributed by atoms with van der Waals surface area (Å²) in [6.07, 6.45) is 14.0.